The third kappa shape index (κ3) is 7.84. The summed E-state index contributed by atoms with van der Waals surface area (Å²) in [4.78, 5) is 27.0. The Balaban J connectivity index is 2.50. The lowest BCUT2D eigenvalue weighted by atomic mass is 10.1. The monoisotopic (exact) mass is 597 g/mol. The van der Waals surface area contributed by atoms with Crippen molar-refractivity contribution >= 4 is 55.1 Å². The molecule has 1 atom stereocenters. The molecule has 0 aromatic heterocycles. The van der Waals surface area contributed by atoms with Gasteiger partial charge in [-0.1, -0.05) is 39.7 Å². The zero-order valence-corrected chi connectivity index (χ0v) is 22.2. The fourth-order valence-corrected chi connectivity index (χ4v) is 4.78. The first kappa shape index (κ1) is 28.9. The van der Waals surface area contributed by atoms with Gasteiger partial charge >= 0.3 is 6.18 Å². The fourth-order valence-electron chi connectivity index (χ4n) is 3.21. The Morgan fingerprint density at radius 2 is 1.83 bits per heavy atom. The lowest BCUT2D eigenvalue weighted by molar-refractivity contribution is -0.139. The second-order valence-electron chi connectivity index (χ2n) is 7.66. The smallest absolute Gasteiger partial charge is 0.355 e. The van der Waals surface area contributed by atoms with Crippen LogP contribution in [-0.4, -0.2) is 50.5 Å². The van der Waals surface area contributed by atoms with Crippen molar-refractivity contribution < 1.29 is 31.2 Å². The summed E-state index contributed by atoms with van der Waals surface area (Å²) in [5.41, 5.74) is -0.975. The summed E-state index contributed by atoms with van der Waals surface area (Å²) in [6.45, 7) is 2.56. The van der Waals surface area contributed by atoms with E-state index in [1.165, 1.54) is 6.92 Å². The highest BCUT2D eigenvalue weighted by atomic mass is 79.9. The van der Waals surface area contributed by atoms with E-state index in [0.717, 1.165) is 21.7 Å². The number of alkyl halides is 3. The van der Waals surface area contributed by atoms with Gasteiger partial charge in [-0.3, -0.25) is 13.9 Å². The quantitative estimate of drug-likeness (QED) is 0.463. The predicted octanol–water partition coefficient (Wildman–Crippen LogP) is 4.44. The topological polar surface area (TPSA) is 86.8 Å². The number of likely N-dealkylation sites (N-methyl/N-ethyl adjacent to an activating group) is 1. The SMILES string of the molecule is CCNC(=O)[C@H](C)N(Cc1cccc(Br)c1)C(=O)CN(c1cc(C(F)(F)F)ccc1Cl)S(C)(=O)=O. The van der Waals surface area contributed by atoms with Crippen LogP contribution in [-0.2, 0) is 32.3 Å². The highest BCUT2D eigenvalue weighted by Gasteiger charge is 2.34. The Labute approximate surface area is 215 Å². The van der Waals surface area contributed by atoms with Gasteiger partial charge in [0.25, 0.3) is 0 Å². The summed E-state index contributed by atoms with van der Waals surface area (Å²) in [6, 6.07) is 8.14. The Morgan fingerprint density at radius 3 is 2.37 bits per heavy atom. The van der Waals surface area contributed by atoms with Crippen molar-refractivity contribution in [3.05, 3.63) is 63.1 Å². The molecule has 0 radical (unpaired) electrons. The molecule has 0 unspecified atom stereocenters. The standard InChI is InChI=1S/C22H24BrClF3N3O4S/c1-4-28-21(32)14(2)29(12-15-6-5-7-17(23)10-15)20(31)13-30(35(3,33)34)19-11-16(22(25,26)27)8-9-18(19)24/h5-11,14H,4,12-13H2,1-3H3,(H,28,32)/t14-/m0/s1. The van der Waals surface area contributed by atoms with Crippen LogP contribution in [0.3, 0.4) is 0 Å². The summed E-state index contributed by atoms with van der Waals surface area (Å²) in [5.74, 6) is -1.28. The van der Waals surface area contributed by atoms with Crippen LogP contribution in [0.25, 0.3) is 0 Å². The molecule has 0 fully saturated rings. The van der Waals surface area contributed by atoms with Gasteiger partial charge in [0.1, 0.15) is 12.6 Å². The summed E-state index contributed by atoms with van der Waals surface area (Å²) in [7, 11) is -4.24. The van der Waals surface area contributed by atoms with Crippen LogP contribution < -0.4 is 9.62 Å². The molecule has 13 heteroatoms. The first-order valence-corrected chi connectivity index (χ1v) is 13.3. The van der Waals surface area contributed by atoms with Gasteiger partial charge < -0.3 is 10.2 Å². The van der Waals surface area contributed by atoms with E-state index in [1.54, 1.807) is 31.2 Å². The molecule has 2 rings (SSSR count). The summed E-state index contributed by atoms with van der Waals surface area (Å²) >= 11 is 9.37. The number of amides is 2. The lowest BCUT2D eigenvalue weighted by Gasteiger charge is -2.31. The molecule has 0 heterocycles. The molecule has 0 saturated heterocycles. The highest BCUT2D eigenvalue weighted by molar-refractivity contribution is 9.10. The van der Waals surface area contributed by atoms with Crippen LogP contribution in [0.4, 0.5) is 18.9 Å². The van der Waals surface area contributed by atoms with Crippen molar-refractivity contribution in [3.8, 4) is 0 Å². The van der Waals surface area contributed by atoms with E-state index in [4.69, 9.17) is 11.6 Å². The summed E-state index contributed by atoms with van der Waals surface area (Å²) in [5, 5.41) is 2.32. The van der Waals surface area contributed by atoms with Crippen LogP contribution in [0.15, 0.2) is 46.9 Å². The van der Waals surface area contributed by atoms with E-state index in [-0.39, 0.29) is 11.6 Å². The average Bonchev–Trinajstić information content (AvgIpc) is 2.74. The van der Waals surface area contributed by atoms with E-state index in [0.29, 0.717) is 28.5 Å². The number of hydrogen-bond donors (Lipinski definition) is 1. The van der Waals surface area contributed by atoms with E-state index in [2.05, 4.69) is 21.2 Å². The molecule has 2 amide bonds. The number of nitrogens with one attached hydrogen (secondary N) is 1. The van der Waals surface area contributed by atoms with Crippen molar-refractivity contribution in [2.45, 2.75) is 32.6 Å². The van der Waals surface area contributed by atoms with Crippen LogP contribution in [0.1, 0.15) is 25.0 Å². The van der Waals surface area contributed by atoms with Crippen molar-refractivity contribution in [2.24, 2.45) is 0 Å². The molecule has 0 aliphatic rings. The first-order valence-electron chi connectivity index (χ1n) is 10.3. The third-order valence-electron chi connectivity index (χ3n) is 4.98. The number of anilines is 1. The van der Waals surface area contributed by atoms with Gasteiger partial charge in [0, 0.05) is 17.6 Å². The number of carbonyl (C=O) groups excluding carboxylic acids is 2. The zero-order valence-electron chi connectivity index (χ0n) is 19.1. The molecule has 7 nitrogen and oxygen atoms in total. The highest BCUT2D eigenvalue weighted by Crippen LogP contribution is 2.36. The largest absolute Gasteiger partial charge is 0.416 e. The van der Waals surface area contributed by atoms with Crippen molar-refractivity contribution in [1.29, 1.82) is 0 Å². The van der Waals surface area contributed by atoms with E-state index >= 15 is 0 Å². The molecule has 1 N–H and O–H groups in total. The Bertz CT molecular complexity index is 1190. The molecular formula is C22H24BrClF3N3O4S. The van der Waals surface area contributed by atoms with Crippen LogP contribution in [0, 0.1) is 0 Å². The van der Waals surface area contributed by atoms with E-state index in [1.807, 2.05) is 0 Å². The molecule has 0 spiro atoms. The van der Waals surface area contributed by atoms with Gasteiger partial charge in [0.05, 0.1) is 22.5 Å². The Kier molecular flexibility index (Phi) is 9.60. The molecule has 192 valence electrons. The number of rotatable bonds is 9. The average molecular weight is 599 g/mol. The molecular weight excluding hydrogens is 575 g/mol. The minimum atomic E-state index is -4.76. The normalized spacial score (nSPS) is 12.7. The van der Waals surface area contributed by atoms with E-state index in [9.17, 15) is 31.2 Å². The van der Waals surface area contributed by atoms with Crippen molar-refractivity contribution in [3.63, 3.8) is 0 Å². The maximum Gasteiger partial charge on any atom is 0.416 e. The molecule has 0 aliphatic carbocycles. The van der Waals surface area contributed by atoms with Gasteiger partial charge in [-0.15, -0.1) is 0 Å². The van der Waals surface area contributed by atoms with Crippen molar-refractivity contribution in [2.75, 3.05) is 23.7 Å². The van der Waals surface area contributed by atoms with Gasteiger partial charge in [-0.25, -0.2) is 8.42 Å². The third-order valence-corrected chi connectivity index (χ3v) is 6.92. The number of benzene rings is 2. The number of sulfonamides is 1. The second kappa shape index (κ2) is 11.6. The van der Waals surface area contributed by atoms with Crippen molar-refractivity contribution in [1.82, 2.24) is 10.2 Å². The van der Waals surface area contributed by atoms with Gasteiger partial charge in [0.15, 0.2) is 0 Å². The van der Waals surface area contributed by atoms with Gasteiger partial charge in [-0.05, 0) is 49.7 Å². The minimum Gasteiger partial charge on any atom is -0.355 e. The van der Waals surface area contributed by atoms with E-state index < -0.39 is 51.9 Å². The summed E-state index contributed by atoms with van der Waals surface area (Å²) in [6.07, 6.45) is -4.01. The zero-order chi connectivity index (χ0) is 26.6. The molecule has 2 aromatic carbocycles. The first-order chi connectivity index (χ1) is 16.1. The van der Waals surface area contributed by atoms with Gasteiger partial charge in [-0.2, -0.15) is 13.2 Å². The van der Waals surface area contributed by atoms with Gasteiger partial charge in [0.2, 0.25) is 21.8 Å². The van der Waals surface area contributed by atoms with Crippen LogP contribution in [0.5, 0.6) is 0 Å². The number of hydrogen-bond acceptors (Lipinski definition) is 4. The minimum absolute atomic E-state index is 0.0511. The number of carbonyl (C=O) groups is 2. The van der Waals surface area contributed by atoms with Crippen LogP contribution >= 0.6 is 27.5 Å². The lowest BCUT2D eigenvalue weighted by Crippen LogP contribution is -2.51. The Hall–Kier alpha value is -2.31. The fraction of sp³-hybridized carbons (Fsp3) is 0.364. The molecule has 2 aromatic rings. The predicted molar refractivity (Wildman–Crippen MR) is 131 cm³/mol. The summed E-state index contributed by atoms with van der Waals surface area (Å²) < 4.78 is 66.1. The molecule has 0 bridgehead atoms. The molecule has 0 saturated carbocycles. The molecule has 0 aliphatic heterocycles. The number of nitrogens with zero attached hydrogens (tertiary/aromatic N) is 2. The second-order valence-corrected chi connectivity index (χ2v) is 10.9. The maximum atomic E-state index is 13.4. The van der Waals surface area contributed by atoms with Crippen LogP contribution in [0.2, 0.25) is 5.02 Å². The molecule has 35 heavy (non-hydrogen) atoms. The Morgan fingerprint density at radius 1 is 1.17 bits per heavy atom. The maximum absolute atomic E-state index is 13.4. The number of halogens is 5.